The van der Waals surface area contributed by atoms with Gasteiger partial charge in [-0.3, -0.25) is 0 Å². The maximum Gasteiger partial charge on any atom is 0.335 e. The molecule has 0 heterocycles. The lowest BCUT2D eigenvalue weighted by molar-refractivity contribution is 0.0697. The molecule has 0 atom stereocenters. The zero-order valence-corrected chi connectivity index (χ0v) is 12.4. The third-order valence-corrected chi connectivity index (χ3v) is 2.68. The molecular weight excluding hydrogens is 266 g/mol. The van der Waals surface area contributed by atoms with Gasteiger partial charge in [-0.15, -0.1) is 0 Å². The van der Waals surface area contributed by atoms with Crippen LogP contribution in [0.3, 0.4) is 0 Å². The number of anilines is 2. The molecule has 0 unspecified atom stereocenters. The molecule has 0 bridgehead atoms. The molecule has 110 valence electrons. The number of carboxylic acid groups (broad SMARTS) is 1. The van der Waals surface area contributed by atoms with Crippen LogP contribution in [-0.4, -0.2) is 16.7 Å². The van der Waals surface area contributed by atoms with Crippen molar-refractivity contribution in [1.82, 2.24) is 0 Å². The van der Waals surface area contributed by atoms with Crippen molar-refractivity contribution in [2.45, 2.75) is 26.4 Å². The van der Waals surface area contributed by atoms with Gasteiger partial charge in [0.25, 0.3) is 0 Å². The zero-order valence-electron chi connectivity index (χ0n) is 12.4. The molecule has 0 saturated carbocycles. The maximum atomic E-state index is 10.9. The van der Waals surface area contributed by atoms with Gasteiger partial charge >= 0.3 is 5.97 Å². The first-order valence-electron chi connectivity index (χ1n) is 6.73. The summed E-state index contributed by atoms with van der Waals surface area (Å²) in [5, 5.41) is 12.1. The average molecular weight is 285 g/mol. The highest BCUT2D eigenvalue weighted by Crippen LogP contribution is 2.23. The van der Waals surface area contributed by atoms with Gasteiger partial charge in [-0.05, 0) is 63.2 Å². The van der Waals surface area contributed by atoms with Crippen molar-refractivity contribution >= 4 is 17.3 Å². The Balaban J connectivity index is 2.10. The molecule has 0 aliphatic rings. The van der Waals surface area contributed by atoms with Crippen molar-refractivity contribution in [2.75, 3.05) is 5.32 Å². The second-order valence-electron chi connectivity index (χ2n) is 5.75. The van der Waals surface area contributed by atoms with Crippen LogP contribution in [0.15, 0.2) is 48.5 Å². The van der Waals surface area contributed by atoms with Gasteiger partial charge in [0.15, 0.2) is 0 Å². The van der Waals surface area contributed by atoms with Crippen molar-refractivity contribution < 1.29 is 14.6 Å². The van der Waals surface area contributed by atoms with Crippen LogP contribution in [0.5, 0.6) is 5.75 Å². The molecule has 0 aliphatic carbocycles. The van der Waals surface area contributed by atoms with Gasteiger partial charge in [-0.2, -0.15) is 0 Å². The lowest BCUT2D eigenvalue weighted by Crippen LogP contribution is -2.22. The molecule has 4 heteroatoms. The number of aromatic carboxylic acids is 1. The van der Waals surface area contributed by atoms with E-state index < -0.39 is 5.97 Å². The SMILES string of the molecule is CC(C)(C)Oc1ccc(Nc2cccc(C(=O)O)c2)cc1. The third kappa shape index (κ3) is 4.53. The van der Waals surface area contributed by atoms with E-state index in [1.807, 2.05) is 51.1 Å². The molecule has 0 amide bonds. The number of carbonyl (C=O) groups is 1. The van der Waals surface area contributed by atoms with Gasteiger partial charge < -0.3 is 15.2 Å². The Labute approximate surface area is 124 Å². The summed E-state index contributed by atoms with van der Waals surface area (Å²) in [5.41, 5.74) is 1.64. The van der Waals surface area contributed by atoms with Crippen LogP contribution in [0.1, 0.15) is 31.1 Å². The normalized spacial score (nSPS) is 11.0. The summed E-state index contributed by atoms with van der Waals surface area (Å²) in [6, 6.07) is 14.3. The van der Waals surface area contributed by atoms with E-state index in [9.17, 15) is 4.79 Å². The Kier molecular flexibility index (Phi) is 4.17. The van der Waals surface area contributed by atoms with Gasteiger partial charge in [-0.25, -0.2) is 4.79 Å². The van der Waals surface area contributed by atoms with E-state index in [2.05, 4.69) is 5.32 Å². The molecule has 2 aromatic carbocycles. The fraction of sp³-hybridized carbons (Fsp3) is 0.235. The molecule has 2 N–H and O–H groups in total. The van der Waals surface area contributed by atoms with E-state index >= 15 is 0 Å². The molecule has 2 rings (SSSR count). The first-order chi connectivity index (χ1) is 9.83. The molecule has 0 aliphatic heterocycles. The molecule has 4 nitrogen and oxygen atoms in total. The van der Waals surface area contributed by atoms with Gasteiger partial charge in [0, 0.05) is 11.4 Å². The van der Waals surface area contributed by atoms with E-state index in [0.717, 1.165) is 17.1 Å². The summed E-state index contributed by atoms with van der Waals surface area (Å²) < 4.78 is 5.75. The highest BCUT2D eigenvalue weighted by molar-refractivity contribution is 5.89. The predicted octanol–water partition coefficient (Wildman–Crippen LogP) is 4.31. The Hall–Kier alpha value is -2.49. The summed E-state index contributed by atoms with van der Waals surface area (Å²) in [5.74, 6) is -0.139. The number of ether oxygens (including phenoxy) is 1. The highest BCUT2D eigenvalue weighted by atomic mass is 16.5. The molecule has 0 radical (unpaired) electrons. The first-order valence-corrected chi connectivity index (χ1v) is 6.73. The second kappa shape index (κ2) is 5.87. The second-order valence-corrected chi connectivity index (χ2v) is 5.75. The fourth-order valence-electron chi connectivity index (χ4n) is 1.86. The lowest BCUT2D eigenvalue weighted by Gasteiger charge is -2.21. The molecule has 0 fully saturated rings. The number of nitrogens with one attached hydrogen (secondary N) is 1. The van der Waals surface area contributed by atoms with E-state index in [1.165, 1.54) is 0 Å². The van der Waals surface area contributed by atoms with E-state index in [0.29, 0.717) is 0 Å². The van der Waals surface area contributed by atoms with Gasteiger partial charge in [0.1, 0.15) is 11.4 Å². The van der Waals surface area contributed by atoms with E-state index in [-0.39, 0.29) is 11.2 Å². The molecule has 0 aromatic heterocycles. The maximum absolute atomic E-state index is 10.9. The van der Waals surface area contributed by atoms with E-state index in [4.69, 9.17) is 9.84 Å². The van der Waals surface area contributed by atoms with Crippen molar-refractivity contribution in [3.8, 4) is 5.75 Å². The minimum absolute atomic E-state index is 0.231. The average Bonchev–Trinajstić information content (AvgIpc) is 2.40. The Bertz CT molecular complexity index is 627. The molecule has 2 aromatic rings. The van der Waals surface area contributed by atoms with Gasteiger partial charge in [0.05, 0.1) is 5.56 Å². The number of carboxylic acids is 1. The van der Waals surface area contributed by atoms with Crippen LogP contribution in [0.2, 0.25) is 0 Å². The molecule has 21 heavy (non-hydrogen) atoms. The van der Waals surface area contributed by atoms with Crippen molar-refractivity contribution in [3.05, 3.63) is 54.1 Å². The summed E-state index contributed by atoms with van der Waals surface area (Å²) in [4.78, 5) is 10.9. The van der Waals surface area contributed by atoms with Crippen LogP contribution in [0.4, 0.5) is 11.4 Å². The largest absolute Gasteiger partial charge is 0.488 e. The van der Waals surface area contributed by atoms with Crippen LogP contribution >= 0.6 is 0 Å². The highest BCUT2D eigenvalue weighted by Gasteiger charge is 2.11. The Morgan fingerprint density at radius 2 is 1.71 bits per heavy atom. The Morgan fingerprint density at radius 3 is 2.29 bits per heavy atom. The number of hydrogen-bond donors (Lipinski definition) is 2. The fourth-order valence-corrected chi connectivity index (χ4v) is 1.86. The zero-order chi connectivity index (χ0) is 15.5. The number of rotatable bonds is 4. The van der Waals surface area contributed by atoms with Crippen LogP contribution < -0.4 is 10.1 Å². The monoisotopic (exact) mass is 285 g/mol. The first kappa shape index (κ1) is 14.9. The summed E-state index contributed by atoms with van der Waals surface area (Å²) in [6.45, 7) is 5.99. The van der Waals surface area contributed by atoms with Gasteiger partial charge in [0.2, 0.25) is 0 Å². The minimum Gasteiger partial charge on any atom is -0.488 e. The number of hydrogen-bond acceptors (Lipinski definition) is 3. The smallest absolute Gasteiger partial charge is 0.335 e. The number of benzene rings is 2. The summed E-state index contributed by atoms with van der Waals surface area (Å²) in [6.07, 6.45) is 0. The van der Waals surface area contributed by atoms with Crippen LogP contribution in [0, 0.1) is 0 Å². The molecule has 0 spiro atoms. The molecular formula is C17H19NO3. The van der Waals surface area contributed by atoms with Crippen molar-refractivity contribution in [3.63, 3.8) is 0 Å². The topological polar surface area (TPSA) is 58.6 Å². The molecule has 0 saturated heterocycles. The minimum atomic E-state index is -0.937. The van der Waals surface area contributed by atoms with Crippen LogP contribution in [0.25, 0.3) is 0 Å². The Morgan fingerprint density at radius 1 is 1.05 bits per heavy atom. The van der Waals surface area contributed by atoms with E-state index in [1.54, 1.807) is 18.2 Å². The lowest BCUT2D eigenvalue weighted by atomic mass is 10.2. The van der Waals surface area contributed by atoms with Crippen LogP contribution in [-0.2, 0) is 0 Å². The third-order valence-electron chi connectivity index (χ3n) is 2.68. The van der Waals surface area contributed by atoms with Gasteiger partial charge in [-0.1, -0.05) is 6.07 Å². The summed E-state index contributed by atoms with van der Waals surface area (Å²) >= 11 is 0. The van der Waals surface area contributed by atoms with Crippen molar-refractivity contribution in [2.24, 2.45) is 0 Å². The summed E-state index contributed by atoms with van der Waals surface area (Å²) in [7, 11) is 0. The quantitative estimate of drug-likeness (QED) is 0.879. The standard InChI is InChI=1S/C17H19NO3/c1-17(2,3)21-15-9-7-13(8-10-15)18-14-6-4-5-12(11-14)16(19)20/h4-11,18H,1-3H3,(H,19,20). The van der Waals surface area contributed by atoms with Crippen molar-refractivity contribution in [1.29, 1.82) is 0 Å². The predicted molar refractivity (Wildman–Crippen MR) is 83.5 cm³/mol.